The van der Waals surface area contributed by atoms with Crippen LogP contribution in [0.1, 0.15) is 35.1 Å². The van der Waals surface area contributed by atoms with E-state index in [1.54, 1.807) is 31.4 Å². The largest absolute Gasteiger partial charge is 0.497 e. The molecule has 1 aliphatic carbocycles. The molecule has 0 radical (unpaired) electrons. The van der Waals surface area contributed by atoms with Gasteiger partial charge in [-0.3, -0.25) is 0 Å². The van der Waals surface area contributed by atoms with Gasteiger partial charge in [-0.2, -0.15) is 0 Å². The van der Waals surface area contributed by atoms with Gasteiger partial charge < -0.3 is 25.0 Å². The highest BCUT2D eigenvalue weighted by Gasteiger charge is 2.29. The molecule has 1 aliphatic rings. The number of rotatable bonds is 8. The van der Waals surface area contributed by atoms with Crippen molar-refractivity contribution in [2.24, 2.45) is 0 Å². The Labute approximate surface area is 187 Å². The summed E-state index contributed by atoms with van der Waals surface area (Å²) in [4.78, 5) is 12.2. The van der Waals surface area contributed by atoms with Crippen LogP contribution < -0.4 is 10.1 Å². The summed E-state index contributed by atoms with van der Waals surface area (Å²) in [5.74, 6) is 0.669. The Hall–Kier alpha value is -3.35. The van der Waals surface area contributed by atoms with Gasteiger partial charge in [0.15, 0.2) is 0 Å². The van der Waals surface area contributed by atoms with Gasteiger partial charge in [0.1, 0.15) is 18.5 Å². The fraction of sp³-hybridized carbons (Fsp3) is 0.269. The summed E-state index contributed by atoms with van der Waals surface area (Å²) in [7, 11) is 1.56. The highest BCUT2D eigenvalue weighted by Crippen LogP contribution is 2.44. The van der Waals surface area contributed by atoms with Crippen LogP contribution in [0.25, 0.3) is 11.1 Å². The third-order valence-electron chi connectivity index (χ3n) is 5.87. The van der Waals surface area contributed by atoms with Crippen molar-refractivity contribution in [3.8, 4) is 16.9 Å². The second-order valence-electron chi connectivity index (χ2n) is 7.83. The van der Waals surface area contributed by atoms with Crippen LogP contribution in [-0.4, -0.2) is 42.7 Å². The van der Waals surface area contributed by atoms with Crippen LogP contribution in [0.3, 0.4) is 0 Å². The van der Waals surface area contributed by atoms with Gasteiger partial charge in [0.05, 0.1) is 13.2 Å². The molecule has 1 amide bonds. The quantitative estimate of drug-likeness (QED) is 0.499. The number of ether oxygens (including phenoxy) is 2. The number of carbonyl (C=O) groups is 1. The monoisotopic (exact) mass is 433 g/mol. The number of hydrogen-bond acceptors (Lipinski definition) is 5. The normalized spacial score (nSPS) is 14.2. The average molecular weight is 434 g/mol. The molecular weight excluding hydrogens is 406 g/mol. The molecule has 0 saturated heterocycles. The van der Waals surface area contributed by atoms with Crippen molar-refractivity contribution in [3.05, 3.63) is 89.5 Å². The number of aliphatic hydroxyl groups excluding tert-OH is 2. The molecule has 0 heterocycles. The Morgan fingerprint density at radius 1 is 0.938 bits per heavy atom. The molecule has 0 saturated carbocycles. The van der Waals surface area contributed by atoms with E-state index in [4.69, 9.17) is 9.47 Å². The summed E-state index contributed by atoms with van der Waals surface area (Å²) < 4.78 is 10.6. The van der Waals surface area contributed by atoms with Gasteiger partial charge in [0, 0.05) is 12.5 Å². The predicted octanol–water partition coefficient (Wildman–Crippen LogP) is 4.02. The number of hydrogen-bond donors (Lipinski definition) is 3. The number of benzene rings is 3. The van der Waals surface area contributed by atoms with E-state index in [2.05, 4.69) is 29.6 Å². The highest BCUT2D eigenvalue weighted by molar-refractivity contribution is 5.79. The fourth-order valence-corrected chi connectivity index (χ4v) is 4.15. The molecule has 2 atom stereocenters. The SMILES string of the molecule is COc1ccc(C(O)C(O)CCNC(=O)OCC2c3ccccc3-c3ccccc32)cc1. The van der Waals surface area contributed by atoms with Crippen molar-refractivity contribution >= 4 is 6.09 Å². The minimum absolute atomic E-state index is 0.00404. The summed E-state index contributed by atoms with van der Waals surface area (Å²) in [6.07, 6.45) is -2.42. The molecule has 4 rings (SSSR count). The Kier molecular flexibility index (Phi) is 6.73. The molecule has 166 valence electrons. The maximum absolute atomic E-state index is 12.2. The van der Waals surface area contributed by atoms with Gasteiger partial charge in [0.25, 0.3) is 0 Å². The first-order valence-electron chi connectivity index (χ1n) is 10.7. The Morgan fingerprint density at radius 3 is 2.12 bits per heavy atom. The Bertz CT molecular complexity index is 1020. The van der Waals surface area contributed by atoms with Crippen molar-refractivity contribution in [2.75, 3.05) is 20.3 Å². The molecule has 6 nitrogen and oxygen atoms in total. The van der Waals surface area contributed by atoms with E-state index in [1.165, 1.54) is 11.1 Å². The number of carbonyl (C=O) groups excluding carboxylic acids is 1. The molecular formula is C26H27NO5. The highest BCUT2D eigenvalue weighted by atomic mass is 16.5. The molecule has 0 spiro atoms. The maximum Gasteiger partial charge on any atom is 0.407 e. The van der Waals surface area contributed by atoms with Crippen molar-refractivity contribution in [3.63, 3.8) is 0 Å². The first-order chi connectivity index (χ1) is 15.6. The first kappa shape index (κ1) is 21.9. The van der Waals surface area contributed by atoms with Crippen LogP contribution >= 0.6 is 0 Å². The van der Waals surface area contributed by atoms with E-state index in [9.17, 15) is 15.0 Å². The molecule has 2 unspecified atom stereocenters. The zero-order chi connectivity index (χ0) is 22.5. The minimum Gasteiger partial charge on any atom is -0.497 e. The second-order valence-corrected chi connectivity index (χ2v) is 7.83. The summed E-state index contributed by atoms with van der Waals surface area (Å²) >= 11 is 0. The number of methoxy groups -OCH3 is 1. The lowest BCUT2D eigenvalue weighted by molar-refractivity contribution is 0.0136. The second kappa shape index (κ2) is 9.85. The predicted molar refractivity (Wildman–Crippen MR) is 122 cm³/mol. The van der Waals surface area contributed by atoms with Crippen molar-refractivity contribution in [1.29, 1.82) is 0 Å². The van der Waals surface area contributed by atoms with Gasteiger partial charge >= 0.3 is 6.09 Å². The van der Waals surface area contributed by atoms with Crippen molar-refractivity contribution < 1.29 is 24.5 Å². The molecule has 0 bridgehead atoms. The van der Waals surface area contributed by atoms with Gasteiger partial charge in [0.2, 0.25) is 0 Å². The lowest BCUT2D eigenvalue weighted by Crippen LogP contribution is -2.30. The third-order valence-corrected chi connectivity index (χ3v) is 5.87. The number of fused-ring (bicyclic) bond motifs is 3. The first-order valence-corrected chi connectivity index (χ1v) is 10.7. The van der Waals surface area contributed by atoms with Gasteiger partial charge in [-0.05, 0) is 46.4 Å². The van der Waals surface area contributed by atoms with Gasteiger partial charge in [-0.15, -0.1) is 0 Å². The molecule has 0 fully saturated rings. The van der Waals surface area contributed by atoms with E-state index in [-0.39, 0.29) is 25.5 Å². The lowest BCUT2D eigenvalue weighted by atomic mass is 9.98. The molecule has 3 aromatic carbocycles. The fourth-order valence-electron chi connectivity index (χ4n) is 4.15. The number of amides is 1. The van der Waals surface area contributed by atoms with Crippen LogP contribution in [-0.2, 0) is 4.74 Å². The number of nitrogens with one attached hydrogen (secondary N) is 1. The summed E-state index contributed by atoms with van der Waals surface area (Å²) in [6, 6.07) is 23.2. The van der Waals surface area contributed by atoms with E-state index < -0.39 is 18.3 Å². The lowest BCUT2D eigenvalue weighted by Gasteiger charge is -2.19. The zero-order valence-corrected chi connectivity index (χ0v) is 17.9. The third kappa shape index (κ3) is 4.61. The number of aliphatic hydroxyl groups is 2. The van der Waals surface area contributed by atoms with Crippen LogP contribution in [0, 0.1) is 0 Å². The van der Waals surface area contributed by atoms with E-state index in [0.29, 0.717) is 11.3 Å². The van der Waals surface area contributed by atoms with Crippen molar-refractivity contribution in [1.82, 2.24) is 5.32 Å². The van der Waals surface area contributed by atoms with E-state index in [0.717, 1.165) is 11.1 Å². The molecule has 32 heavy (non-hydrogen) atoms. The number of alkyl carbamates (subject to hydrolysis) is 1. The van der Waals surface area contributed by atoms with Gasteiger partial charge in [-0.1, -0.05) is 60.7 Å². The molecule has 6 heteroatoms. The van der Waals surface area contributed by atoms with E-state index in [1.807, 2.05) is 24.3 Å². The standard InChI is InChI=1S/C26H27NO5/c1-31-18-12-10-17(11-13-18)25(29)24(28)14-15-27-26(30)32-16-23-21-8-4-2-6-19(21)20-7-3-5-9-22(20)23/h2-13,23-25,28-29H,14-16H2,1H3,(H,27,30). The van der Waals surface area contributed by atoms with Crippen LogP contribution in [0.5, 0.6) is 5.75 Å². The smallest absolute Gasteiger partial charge is 0.407 e. The zero-order valence-electron chi connectivity index (χ0n) is 17.9. The van der Waals surface area contributed by atoms with Gasteiger partial charge in [-0.25, -0.2) is 4.79 Å². The average Bonchev–Trinajstić information content (AvgIpc) is 3.16. The van der Waals surface area contributed by atoms with E-state index >= 15 is 0 Å². The summed E-state index contributed by atoms with van der Waals surface area (Å²) in [5.41, 5.74) is 5.24. The van der Waals surface area contributed by atoms with Crippen LogP contribution in [0.4, 0.5) is 4.79 Å². The molecule has 0 aromatic heterocycles. The van der Waals surface area contributed by atoms with Crippen molar-refractivity contribution in [2.45, 2.75) is 24.5 Å². The molecule has 3 N–H and O–H groups in total. The molecule has 3 aromatic rings. The Balaban J connectivity index is 1.27. The van der Waals surface area contributed by atoms with Crippen LogP contribution in [0.15, 0.2) is 72.8 Å². The minimum atomic E-state index is -1.05. The topological polar surface area (TPSA) is 88.0 Å². The Morgan fingerprint density at radius 2 is 1.53 bits per heavy atom. The van der Waals surface area contributed by atoms with Crippen LogP contribution in [0.2, 0.25) is 0 Å². The maximum atomic E-state index is 12.2. The molecule has 0 aliphatic heterocycles. The summed E-state index contributed by atoms with van der Waals surface area (Å²) in [6.45, 7) is 0.419. The summed E-state index contributed by atoms with van der Waals surface area (Å²) in [5, 5.41) is 23.2.